The summed E-state index contributed by atoms with van der Waals surface area (Å²) in [5, 5.41) is 26.3. The van der Waals surface area contributed by atoms with E-state index < -0.39 is 113 Å². The van der Waals surface area contributed by atoms with Gasteiger partial charge in [-0.2, -0.15) is 18.9 Å². The van der Waals surface area contributed by atoms with E-state index in [-0.39, 0.29) is 136 Å². The van der Waals surface area contributed by atoms with E-state index in [1.54, 1.807) is 221 Å². The number of rotatable bonds is 29. The van der Waals surface area contributed by atoms with Gasteiger partial charge in [0.25, 0.3) is 23.6 Å². The molecule has 3 N–H and O–H groups in total. The van der Waals surface area contributed by atoms with Crippen molar-refractivity contribution in [3.8, 4) is 40.1 Å². The molecule has 688 valence electrons. The lowest BCUT2D eigenvalue weighted by Crippen LogP contribution is -2.46. The first-order valence-corrected chi connectivity index (χ1v) is 48.5. The molecule has 0 radical (unpaired) electrons. The number of amides is 6. The summed E-state index contributed by atoms with van der Waals surface area (Å²) in [4.78, 5) is 85.3. The molecular formula is C91H97I2N15O19S4. The first-order valence-electron chi connectivity index (χ1n) is 41.2. The van der Waals surface area contributed by atoms with Crippen molar-refractivity contribution in [3.63, 3.8) is 0 Å². The lowest BCUT2D eigenvalue weighted by Gasteiger charge is -2.30. The summed E-state index contributed by atoms with van der Waals surface area (Å²) in [5.41, 5.74) is 3.85. The van der Waals surface area contributed by atoms with Crippen molar-refractivity contribution in [2.24, 2.45) is 15.4 Å². The maximum Gasteiger partial charge on any atom is 0.410 e. The number of nitrogens with one attached hydrogen (secondary N) is 3. The monoisotopic (exact) mass is 2090 g/mol. The zero-order valence-corrected chi connectivity index (χ0v) is 81.2. The lowest BCUT2D eigenvalue weighted by atomic mass is 10.1. The van der Waals surface area contributed by atoms with Crippen LogP contribution in [0.1, 0.15) is 129 Å². The fourth-order valence-electron chi connectivity index (χ4n) is 15.2. The number of benzene rings is 9. The fraction of sp³-hybridized carbons (Fsp3) is 0.319. The Morgan fingerprint density at radius 3 is 1.11 bits per heavy atom. The summed E-state index contributed by atoms with van der Waals surface area (Å²) in [6.07, 6.45) is -1.07. The molecule has 2 fully saturated rings. The van der Waals surface area contributed by atoms with E-state index in [1.165, 1.54) is 50.3 Å². The molecule has 5 aliphatic rings. The van der Waals surface area contributed by atoms with E-state index >= 15 is 16.8 Å². The fourth-order valence-corrected chi connectivity index (χ4v) is 23.6. The topological polar surface area (TPSA) is 404 Å². The van der Waals surface area contributed by atoms with Crippen LogP contribution in [0.2, 0.25) is 0 Å². The molecule has 9 aromatic carbocycles. The molecule has 5 aliphatic heterocycles. The van der Waals surface area contributed by atoms with Gasteiger partial charge < -0.3 is 43.0 Å². The quantitative estimate of drug-likeness (QED) is 0.0289. The highest BCUT2D eigenvalue weighted by Crippen LogP contribution is 2.41. The average molecular weight is 2090 g/mol. The van der Waals surface area contributed by atoms with Crippen LogP contribution in [-0.4, -0.2) is 219 Å². The zero-order valence-electron chi connectivity index (χ0n) is 73.6. The third-order valence-electron chi connectivity index (χ3n) is 21.5. The van der Waals surface area contributed by atoms with Gasteiger partial charge in [0.15, 0.2) is 0 Å². The molecule has 2 saturated heterocycles. The molecule has 40 heteroatoms. The van der Waals surface area contributed by atoms with Crippen molar-refractivity contribution < 1.29 is 87.2 Å². The summed E-state index contributed by atoms with van der Waals surface area (Å²) in [7, 11) is -5.74. The predicted octanol–water partition coefficient (Wildman–Crippen LogP) is 13.3. The Balaban J connectivity index is 0.000000203. The number of imide groups is 2. The number of hydrogen-bond acceptors (Lipinski definition) is 25. The number of nitrogens with zero attached hydrogens (tertiary/aromatic N) is 12. The van der Waals surface area contributed by atoms with Crippen LogP contribution in [0.4, 0.5) is 9.59 Å². The summed E-state index contributed by atoms with van der Waals surface area (Å²) >= 11 is 4.01. The van der Waals surface area contributed by atoms with Gasteiger partial charge in [0.2, 0.25) is 25.9 Å². The van der Waals surface area contributed by atoms with Crippen molar-refractivity contribution in [2.75, 3.05) is 68.3 Å². The standard InChI is InChI=1S/C42H44IN7O9S2.C41H43IN8O9S2.C8H10O/c1-42(2,3)59-41(53)49-24-28(20-29(49)25-50-39(51)32-8-6-7-9-33(32)40(50)52)46-60(54)36-19-18-34(43)37(35-21-44-47-45-35)38(36)61(55,56)48(22-26-10-14-30(57-4)15-11-26)23-27-12-16-31(58-5)17-13-27;1-41(2,3)59-40(53)49-23-27(20-28(49)24-50-38(51)31-8-6-7-9-32(31)39(50)52)45-60(54)34-19-18-33(42)35(37-43-46-47-44-37)36(34)61(55,56)48(21-25-10-14-29(57-4)15-11-25)22-26-12-16-30(58-5)17-13-26;1-7-3-5-8(9-2)6-4-7/h6-19,28-29,46H,20-25H2,1-5H3;6-19,27-28,45H,20-24H2,1-5H3,(H,43,44,46,47);3-6H,1-2H3/t28-,29+,60?;27-,28+,60?;/m11./s1. The Morgan fingerprint density at radius 2 is 0.809 bits per heavy atom. The molecule has 131 heavy (non-hydrogen) atoms. The third kappa shape index (κ3) is 23.0. The molecule has 15 rings (SSSR count). The second-order valence-electron chi connectivity index (χ2n) is 32.9. The number of aromatic nitrogens is 4. The maximum atomic E-state index is 15.4. The van der Waals surface area contributed by atoms with Crippen molar-refractivity contribution >= 4 is 129 Å². The van der Waals surface area contributed by atoms with E-state index in [0.717, 1.165) is 15.5 Å². The number of aryl methyl sites for hydroxylation is 1. The highest BCUT2D eigenvalue weighted by atomic mass is 127. The van der Waals surface area contributed by atoms with Gasteiger partial charge in [0.05, 0.1) is 91.0 Å². The molecule has 0 bridgehead atoms. The minimum Gasteiger partial charge on any atom is -0.497 e. The van der Waals surface area contributed by atoms with Gasteiger partial charge in [0, 0.05) is 77.1 Å². The molecule has 6 atom stereocenters. The van der Waals surface area contributed by atoms with Crippen LogP contribution in [0.3, 0.4) is 0 Å². The first kappa shape index (κ1) is 97.2. The molecule has 6 heterocycles. The highest BCUT2D eigenvalue weighted by Gasteiger charge is 2.48. The number of carbonyl (C=O) groups excluding carboxylic acids is 6. The predicted molar refractivity (Wildman–Crippen MR) is 503 cm³/mol. The normalized spacial score (nSPS) is 17.1. The van der Waals surface area contributed by atoms with E-state index in [9.17, 15) is 37.2 Å². The molecule has 0 spiro atoms. The third-order valence-corrected chi connectivity index (χ3v) is 29.9. The number of ether oxygens (including phenoxy) is 7. The van der Waals surface area contributed by atoms with Crippen molar-refractivity contribution in [2.45, 2.75) is 142 Å². The van der Waals surface area contributed by atoms with Gasteiger partial charge >= 0.3 is 12.2 Å². The second-order valence-corrected chi connectivity index (χ2v) is 41.4. The lowest BCUT2D eigenvalue weighted by molar-refractivity contribution is 0.0184. The number of tetrazole rings is 1. The summed E-state index contributed by atoms with van der Waals surface area (Å²) in [6.45, 7) is 11.8. The Kier molecular flexibility index (Phi) is 31.2. The van der Waals surface area contributed by atoms with Gasteiger partial charge in [-0.15, -0.1) is 15.3 Å². The number of sulfonamides is 2. The van der Waals surface area contributed by atoms with E-state index in [4.69, 9.17) is 33.2 Å². The minimum absolute atomic E-state index is 0.00591. The van der Waals surface area contributed by atoms with Gasteiger partial charge in [0.1, 0.15) is 78.3 Å². The summed E-state index contributed by atoms with van der Waals surface area (Å²) in [6, 6.07) is 52.5. The summed E-state index contributed by atoms with van der Waals surface area (Å²) < 4.78 is 139. The van der Waals surface area contributed by atoms with Crippen LogP contribution in [0.15, 0.2) is 229 Å². The van der Waals surface area contributed by atoms with Gasteiger partial charge in [-0.05, 0) is 248 Å². The Bertz CT molecular complexity index is 6080. The molecule has 0 saturated carbocycles. The average Bonchev–Trinajstić information content (AvgIpc) is 1.47. The molecular weight excluding hydrogens is 1990 g/mol. The second kappa shape index (κ2) is 42.0. The van der Waals surface area contributed by atoms with Crippen LogP contribution in [-0.2, 0) is 77.7 Å². The number of likely N-dealkylation sites (tertiary alicyclic amines) is 2. The minimum atomic E-state index is -4.58. The summed E-state index contributed by atoms with van der Waals surface area (Å²) in [5.74, 6) is 1.35. The van der Waals surface area contributed by atoms with E-state index in [2.05, 4.69) is 52.4 Å². The number of aromatic amines is 1. The number of carbonyl (C=O) groups is 6. The van der Waals surface area contributed by atoms with Gasteiger partial charge in [-0.25, -0.2) is 44.3 Å². The number of halogens is 2. The van der Waals surface area contributed by atoms with Crippen LogP contribution in [0, 0.1) is 14.1 Å². The number of H-pyrrole nitrogens is 1. The molecule has 2 unspecified atom stereocenters. The molecule has 10 aromatic rings. The van der Waals surface area contributed by atoms with Crippen LogP contribution in [0.25, 0.3) is 11.4 Å². The molecule has 1 aromatic heterocycles. The zero-order chi connectivity index (χ0) is 94.0. The Labute approximate surface area is 791 Å². The number of hydrogen-bond donors (Lipinski definition) is 3. The molecule has 6 amide bonds. The first-order chi connectivity index (χ1) is 62.5. The van der Waals surface area contributed by atoms with Gasteiger partial charge in [-0.1, -0.05) is 90.5 Å². The van der Waals surface area contributed by atoms with Gasteiger partial charge in [-0.3, -0.25) is 29.0 Å². The number of methoxy groups -OCH3 is 5. The number of fused-ring (bicyclic) bond motifs is 2. The van der Waals surface area contributed by atoms with Crippen molar-refractivity contribution in [3.05, 3.63) is 257 Å². The van der Waals surface area contributed by atoms with Crippen LogP contribution in [0.5, 0.6) is 28.7 Å². The van der Waals surface area contributed by atoms with Crippen molar-refractivity contribution in [1.82, 2.24) is 58.3 Å². The smallest absolute Gasteiger partial charge is 0.410 e. The Morgan fingerprint density at radius 1 is 0.481 bits per heavy atom. The highest BCUT2D eigenvalue weighted by molar-refractivity contribution is 14.1. The van der Waals surface area contributed by atoms with Crippen LogP contribution >= 0.6 is 45.2 Å². The van der Waals surface area contributed by atoms with Crippen LogP contribution < -0.4 is 33.1 Å². The Hall–Kier alpha value is -11.4. The maximum absolute atomic E-state index is 15.4. The van der Waals surface area contributed by atoms with Crippen molar-refractivity contribution in [1.29, 1.82) is 0 Å². The largest absolute Gasteiger partial charge is 0.497 e. The SMILES string of the molecule is COc1ccc(C)cc1.COc1ccc(CN(Cc2ccc(OC)cc2)S(=O)(=O)c2c(S(=O)N[C@@H]3C[C@@H](CN4C(=O)c5ccccc5C4=O)N(C(=O)OC(C)(C)C)C3)ccc(I)c2-c2nn[nH]n2)cc1.COc1ccc(CN(Cc2ccc(OC)cc2)S(=O)(=O)c2c(S(=O)N[C@@H]3C[C@@H](CN4C(=O)c5ccccc5C4=O)N(C(=O)OC(C)(C)C)C3)ccc(I)c2C2=NN=NC2)cc1. The van der Waals surface area contributed by atoms with E-state index in [1.807, 2.05) is 69.4 Å². The molecule has 34 nitrogen and oxygen atoms in total. The molecule has 0 aliphatic carbocycles. The van der Waals surface area contributed by atoms with E-state index in [0.29, 0.717) is 52.4 Å².